The van der Waals surface area contributed by atoms with Gasteiger partial charge in [0.25, 0.3) is 15.9 Å². The van der Waals surface area contributed by atoms with Crippen LogP contribution >= 0.6 is 0 Å². The molecular formula is C25H26FN3O6S. The van der Waals surface area contributed by atoms with Crippen LogP contribution in [0.2, 0.25) is 0 Å². The van der Waals surface area contributed by atoms with Crippen LogP contribution in [-0.2, 0) is 14.8 Å². The number of aryl methyl sites for hydroxylation is 1. The Morgan fingerprint density at radius 3 is 2.08 bits per heavy atom. The molecule has 0 aliphatic rings. The van der Waals surface area contributed by atoms with Gasteiger partial charge in [0.05, 0.1) is 38.1 Å². The number of methoxy groups -OCH3 is 3. The van der Waals surface area contributed by atoms with Crippen LogP contribution in [0.4, 0.5) is 10.1 Å². The highest BCUT2D eigenvalue weighted by atomic mass is 32.2. The number of anilines is 1. The zero-order valence-corrected chi connectivity index (χ0v) is 21.0. The average Bonchev–Trinajstić information content (AvgIpc) is 2.87. The summed E-state index contributed by atoms with van der Waals surface area (Å²) in [6, 6.07) is 14.3. The Balaban J connectivity index is 1.84. The number of hydrogen-bond donors (Lipinski definition) is 1. The third kappa shape index (κ3) is 6.11. The lowest BCUT2D eigenvalue weighted by Gasteiger charge is -2.23. The number of nitrogens with zero attached hydrogens (tertiary/aromatic N) is 2. The quantitative estimate of drug-likeness (QED) is 0.327. The molecule has 190 valence electrons. The van der Waals surface area contributed by atoms with Gasteiger partial charge in [-0.25, -0.2) is 18.2 Å². The molecule has 0 unspecified atom stereocenters. The topological polar surface area (TPSA) is 107 Å². The van der Waals surface area contributed by atoms with E-state index in [2.05, 4.69) is 10.5 Å². The number of benzene rings is 3. The Kier molecular flexibility index (Phi) is 8.49. The molecule has 0 atom stereocenters. The summed E-state index contributed by atoms with van der Waals surface area (Å²) in [7, 11) is 0.252. The Bertz CT molecular complexity index is 1320. The highest BCUT2D eigenvalue weighted by Crippen LogP contribution is 2.37. The van der Waals surface area contributed by atoms with Gasteiger partial charge in [0, 0.05) is 5.56 Å². The molecule has 0 aliphatic heterocycles. The molecular weight excluding hydrogens is 489 g/mol. The third-order valence-electron chi connectivity index (χ3n) is 5.10. The molecule has 0 heterocycles. The van der Waals surface area contributed by atoms with Crippen molar-refractivity contribution in [3.05, 3.63) is 77.6 Å². The van der Waals surface area contributed by atoms with E-state index < -0.39 is 28.3 Å². The lowest BCUT2D eigenvalue weighted by molar-refractivity contribution is -0.119. The van der Waals surface area contributed by atoms with Gasteiger partial charge in [0.1, 0.15) is 12.4 Å². The minimum Gasteiger partial charge on any atom is -0.493 e. The molecule has 0 spiro atoms. The maximum atomic E-state index is 13.4. The molecule has 0 saturated heterocycles. The third-order valence-corrected chi connectivity index (χ3v) is 6.89. The molecule has 1 N–H and O–H groups in total. The van der Waals surface area contributed by atoms with Crippen LogP contribution < -0.4 is 23.9 Å². The number of hydrogen-bond acceptors (Lipinski definition) is 7. The van der Waals surface area contributed by atoms with Crippen molar-refractivity contribution < 1.29 is 31.8 Å². The first-order valence-corrected chi connectivity index (χ1v) is 12.1. The lowest BCUT2D eigenvalue weighted by Crippen LogP contribution is -2.39. The molecule has 9 nitrogen and oxygen atoms in total. The van der Waals surface area contributed by atoms with E-state index in [1.807, 2.05) is 6.92 Å². The van der Waals surface area contributed by atoms with Crippen LogP contribution in [0.15, 0.2) is 70.7 Å². The van der Waals surface area contributed by atoms with Crippen molar-refractivity contribution >= 4 is 27.8 Å². The van der Waals surface area contributed by atoms with Gasteiger partial charge in [-0.05, 0) is 55.5 Å². The van der Waals surface area contributed by atoms with E-state index in [1.54, 1.807) is 36.4 Å². The zero-order chi connectivity index (χ0) is 26.3. The van der Waals surface area contributed by atoms with Crippen molar-refractivity contribution in [3.8, 4) is 17.2 Å². The number of ether oxygens (including phenoxy) is 3. The monoisotopic (exact) mass is 515 g/mol. The fourth-order valence-electron chi connectivity index (χ4n) is 3.28. The van der Waals surface area contributed by atoms with Gasteiger partial charge in [0.2, 0.25) is 5.75 Å². The minimum atomic E-state index is -4.17. The van der Waals surface area contributed by atoms with Crippen molar-refractivity contribution in [1.29, 1.82) is 0 Å². The summed E-state index contributed by atoms with van der Waals surface area (Å²) in [6.07, 6.45) is 1.35. The second-order valence-corrected chi connectivity index (χ2v) is 9.42. The van der Waals surface area contributed by atoms with E-state index in [0.717, 1.165) is 34.1 Å². The second-order valence-electron chi connectivity index (χ2n) is 7.55. The maximum Gasteiger partial charge on any atom is 0.264 e. The molecule has 1 amide bonds. The molecule has 36 heavy (non-hydrogen) atoms. The first kappa shape index (κ1) is 26.5. The molecule has 3 rings (SSSR count). The Hall–Kier alpha value is -4.12. The van der Waals surface area contributed by atoms with E-state index in [0.29, 0.717) is 22.8 Å². The summed E-state index contributed by atoms with van der Waals surface area (Å²) in [4.78, 5) is 12.5. The largest absolute Gasteiger partial charge is 0.493 e. The summed E-state index contributed by atoms with van der Waals surface area (Å²) in [5, 5.41) is 3.93. The summed E-state index contributed by atoms with van der Waals surface area (Å²) >= 11 is 0. The summed E-state index contributed by atoms with van der Waals surface area (Å²) in [6.45, 7) is 1.29. The second kappa shape index (κ2) is 11.5. The molecule has 0 aromatic heterocycles. The Labute approximate surface area is 209 Å². The molecule has 3 aromatic rings. The fourth-order valence-corrected chi connectivity index (χ4v) is 4.70. The van der Waals surface area contributed by atoms with Crippen LogP contribution in [0.3, 0.4) is 0 Å². The molecule has 0 aliphatic carbocycles. The van der Waals surface area contributed by atoms with Gasteiger partial charge >= 0.3 is 0 Å². The summed E-state index contributed by atoms with van der Waals surface area (Å²) in [5.41, 5.74) is 4.06. The highest BCUT2D eigenvalue weighted by Gasteiger charge is 2.27. The van der Waals surface area contributed by atoms with Crippen LogP contribution in [0.5, 0.6) is 17.2 Å². The van der Waals surface area contributed by atoms with Gasteiger partial charge in [-0.1, -0.05) is 17.7 Å². The van der Waals surface area contributed by atoms with Gasteiger partial charge < -0.3 is 14.2 Å². The zero-order valence-electron chi connectivity index (χ0n) is 20.2. The average molecular weight is 516 g/mol. The number of carbonyl (C=O) groups is 1. The highest BCUT2D eigenvalue weighted by molar-refractivity contribution is 7.92. The van der Waals surface area contributed by atoms with Crippen molar-refractivity contribution in [2.45, 2.75) is 11.8 Å². The van der Waals surface area contributed by atoms with Gasteiger partial charge in [-0.3, -0.25) is 9.10 Å². The number of hydrazone groups is 1. The van der Waals surface area contributed by atoms with Gasteiger partial charge in [-0.2, -0.15) is 5.10 Å². The number of carbonyl (C=O) groups excluding carboxylic acids is 1. The van der Waals surface area contributed by atoms with Gasteiger partial charge in [-0.15, -0.1) is 0 Å². The molecule has 0 saturated carbocycles. The molecule has 3 aromatic carbocycles. The van der Waals surface area contributed by atoms with Crippen molar-refractivity contribution in [2.75, 3.05) is 32.2 Å². The smallest absolute Gasteiger partial charge is 0.264 e. The Morgan fingerprint density at radius 1 is 0.972 bits per heavy atom. The predicted octanol–water partition coefficient (Wildman–Crippen LogP) is 3.51. The van der Waals surface area contributed by atoms with Crippen molar-refractivity contribution in [1.82, 2.24) is 5.43 Å². The van der Waals surface area contributed by atoms with Crippen LogP contribution in [-0.4, -0.2) is 48.4 Å². The summed E-state index contributed by atoms with van der Waals surface area (Å²) < 4.78 is 56.8. The van der Waals surface area contributed by atoms with Crippen LogP contribution in [0.25, 0.3) is 0 Å². The van der Waals surface area contributed by atoms with E-state index in [4.69, 9.17) is 14.2 Å². The normalized spacial score (nSPS) is 11.2. The van der Waals surface area contributed by atoms with Gasteiger partial charge in [0.15, 0.2) is 11.5 Å². The molecule has 11 heteroatoms. The van der Waals surface area contributed by atoms with E-state index >= 15 is 0 Å². The predicted molar refractivity (Wildman–Crippen MR) is 134 cm³/mol. The van der Waals surface area contributed by atoms with Crippen LogP contribution in [0, 0.1) is 12.7 Å². The maximum absolute atomic E-state index is 13.4. The van der Waals surface area contributed by atoms with Crippen molar-refractivity contribution in [2.24, 2.45) is 5.10 Å². The minimum absolute atomic E-state index is 0.154. The SMILES string of the molecule is COc1cc(/C=N\NC(=O)CN(c2ccc(C)cc2)S(=O)(=O)c2ccc(F)cc2)cc(OC)c1OC. The lowest BCUT2D eigenvalue weighted by atomic mass is 10.2. The Morgan fingerprint density at radius 2 is 1.56 bits per heavy atom. The van der Waals surface area contributed by atoms with Crippen LogP contribution in [0.1, 0.15) is 11.1 Å². The standard InChI is InChI=1S/C25H26FN3O6S/c1-17-5-9-20(10-6-17)29(36(31,32)21-11-7-19(26)8-12-21)16-24(30)28-27-15-18-13-22(33-2)25(35-4)23(14-18)34-3/h5-15H,16H2,1-4H3,(H,28,30)/b27-15-. The number of nitrogens with one attached hydrogen (secondary N) is 1. The fraction of sp³-hybridized carbons (Fsp3) is 0.200. The number of halogens is 1. The number of rotatable bonds is 10. The van der Waals surface area contributed by atoms with Crippen molar-refractivity contribution in [3.63, 3.8) is 0 Å². The summed E-state index contributed by atoms with van der Waals surface area (Å²) in [5.74, 6) is -0.0540. The van der Waals surface area contributed by atoms with E-state index in [1.165, 1.54) is 27.5 Å². The molecule has 0 fully saturated rings. The first-order chi connectivity index (χ1) is 17.2. The first-order valence-electron chi connectivity index (χ1n) is 10.7. The van der Waals surface area contributed by atoms with E-state index in [9.17, 15) is 17.6 Å². The molecule has 0 radical (unpaired) electrons. The van der Waals surface area contributed by atoms with E-state index in [-0.39, 0.29) is 10.6 Å². The number of amides is 1. The molecule has 0 bridgehead atoms. The number of sulfonamides is 1.